The Bertz CT molecular complexity index is 2410. The zero-order valence-corrected chi connectivity index (χ0v) is 41.5. The number of rotatable bonds is 23. The van der Waals surface area contributed by atoms with Crippen LogP contribution in [0, 0.1) is 5.41 Å². The fourth-order valence-electron chi connectivity index (χ4n) is 8.37. The topological polar surface area (TPSA) is 444 Å². The molecule has 74 heavy (non-hydrogen) atoms. The Labute approximate surface area is 431 Å². The van der Waals surface area contributed by atoms with Crippen LogP contribution in [0.15, 0.2) is 70.7 Å². The molecule has 0 aliphatic carbocycles. The van der Waals surface area contributed by atoms with E-state index in [9.17, 15) is 48.3 Å². The maximum Gasteiger partial charge on any atom is 0.320 e. The van der Waals surface area contributed by atoms with Crippen LogP contribution in [0.4, 0.5) is 5.69 Å². The molecule has 3 heterocycles. The van der Waals surface area contributed by atoms with Crippen molar-refractivity contribution in [3.63, 3.8) is 0 Å². The number of carbonyl (C=O) groups is 8. The van der Waals surface area contributed by atoms with Gasteiger partial charge in [-0.2, -0.15) is 0 Å². The Morgan fingerprint density at radius 3 is 2.16 bits per heavy atom. The Morgan fingerprint density at radius 2 is 1.51 bits per heavy atom. The Hall–Kier alpha value is -7.42. The number of carboxylic acid groups (broad SMARTS) is 1. The van der Waals surface area contributed by atoms with Gasteiger partial charge in [0.25, 0.3) is 0 Å². The smallest absolute Gasteiger partial charge is 0.320 e. The Kier molecular flexibility index (Phi) is 23.4. The molecule has 2 fully saturated rings. The second-order valence-electron chi connectivity index (χ2n) is 17.5. The molecule has 2 aromatic rings. The number of nitrogens with two attached hydrogens (primary N) is 6. The van der Waals surface area contributed by atoms with Crippen molar-refractivity contribution in [2.45, 2.75) is 110 Å². The van der Waals surface area contributed by atoms with Crippen molar-refractivity contribution < 1.29 is 53.4 Å². The number of carbonyl (C=O) groups excluding carboxylic acids is 8. The van der Waals surface area contributed by atoms with Gasteiger partial charge in [0.1, 0.15) is 42.2 Å². The molecular formula is C47H67N15O11S. The van der Waals surface area contributed by atoms with Crippen LogP contribution < -0.4 is 60.6 Å². The highest BCUT2D eigenvalue weighted by Gasteiger charge is 2.44. The van der Waals surface area contributed by atoms with Crippen LogP contribution in [0.5, 0.6) is 0 Å². The van der Waals surface area contributed by atoms with E-state index in [4.69, 9.17) is 44.9 Å². The second kappa shape index (κ2) is 29.3. The van der Waals surface area contributed by atoms with E-state index in [1.165, 1.54) is 9.80 Å². The van der Waals surface area contributed by atoms with E-state index in [2.05, 4.69) is 26.3 Å². The number of fused-ring (bicyclic) bond motifs is 1. The van der Waals surface area contributed by atoms with Crippen molar-refractivity contribution in [2.24, 2.45) is 39.4 Å². The third kappa shape index (κ3) is 17.1. The largest absolute Gasteiger partial charge is 0.480 e. The molecule has 27 heteroatoms. The molecule has 3 aliphatic rings. The van der Waals surface area contributed by atoms with E-state index in [1.54, 1.807) is 60.5 Å². The van der Waals surface area contributed by atoms with Crippen molar-refractivity contribution >= 4 is 82.5 Å². The minimum absolute atomic E-state index is 0.0129. The molecule has 2 saturated heterocycles. The summed E-state index contributed by atoms with van der Waals surface area (Å²) in [5, 5.41) is 35.0. The number of guanidine groups is 2. The summed E-state index contributed by atoms with van der Waals surface area (Å²) in [4.78, 5) is 125. The third-order valence-corrected chi connectivity index (χ3v) is 13.5. The van der Waals surface area contributed by atoms with E-state index >= 15 is 0 Å². The first-order chi connectivity index (χ1) is 35.3. The lowest BCUT2D eigenvalue weighted by molar-refractivity contribution is -0.147. The molecule has 402 valence electrons. The number of aliphatic hydroxyl groups excluding tert-OH is 1. The molecule has 3 aliphatic heterocycles. The lowest BCUT2D eigenvalue weighted by atomic mass is 10.0. The van der Waals surface area contributed by atoms with Crippen LogP contribution in [0.1, 0.15) is 56.9 Å². The number of benzene rings is 2. The van der Waals surface area contributed by atoms with Gasteiger partial charge in [-0.3, -0.25) is 53.7 Å². The number of anilines is 1. The zero-order chi connectivity index (χ0) is 54.5. The number of aliphatic imine (C=N–C) groups is 1. The lowest BCUT2D eigenvalue weighted by Gasteiger charge is -2.32. The number of amides is 6. The van der Waals surface area contributed by atoms with Gasteiger partial charge in [-0.05, 0) is 69.1 Å². The summed E-state index contributed by atoms with van der Waals surface area (Å²) in [6, 6.07) is 7.42. The molecule has 0 spiro atoms. The quantitative estimate of drug-likeness (QED) is 0.0219. The van der Waals surface area contributed by atoms with Crippen LogP contribution >= 0.6 is 11.8 Å². The highest BCUT2D eigenvalue weighted by Crippen LogP contribution is 2.38. The zero-order valence-electron chi connectivity index (χ0n) is 40.7. The summed E-state index contributed by atoms with van der Waals surface area (Å²) in [6.07, 6.45) is 4.40. The molecule has 6 amide bonds. The van der Waals surface area contributed by atoms with Gasteiger partial charge < -0.3 is 75.7 Å². The number of hydrogen-bond acceptors (Lipinski definition) is 16. The molecular weight excluding hydrogens is 983 g/mol. The number of Topliss-reactive ketones (excluding diaryl/α,β-unsaturated/α-hetero) is 1. The average Bonchev–Trinajstić information content (AvgIpc) is 4.07. The minimum atomic E-state index is -1.56. The van der Waals surface area contributed by atoms with E-state index in [1.807, 2.05) is 0 Å². The molecule has 0 bridgehead atoms. The molecule has 0 radical (unpaired) electrons. The van der Waals surface area contributed by atoms with Crippen molar-refractivity contribution in [2.75, 3.05) is 44.2 Å². The Morgan fingerprint density at radius 1 is 0.865 bits per heavy atom. The molecule has 26 nitrogen and oxygen atoms in total. The van der Waals surface area contributed by atoms with Gasteiger partial charge in [-0.15, -0.1) is 11.8 Å². The number of ketones is 1. The van der Waals surface area contributed by atoms with Crippen molar-refractivity contribution in [3.05, 3.63) is 66.4 Å². The van der Waals surface area contributed by atoms with Crippen molar-refractivity contribution in [1.82, 2.24) is 31.1 Å². The number of thioether (sulfide) groups is 1. The van der Waals surface area contributed by atoms with E-state index < -0.39 is 96.1 Å². The van der Waals surface area contributed by atoms with Crippen LogP contribution in [0.2, 0.25) is 0 Å². The first kappa shape index (κ1) is 59.1. The number of likely N-dealkylation sites (tertiary alicyclic amines) is 2. The number of aliphatic carboxylic acids is 1. The number of nitrogens with one attached hydrogen (secondary N) is 5. The highest BCUT2D eigenvalue weighted by molar-refractivity contribution is 8.01. The number of hydrogen-bond donors (Lipinski definition) is 13. The summed E-state index contributed by atoms with van der Waals surface area (Å²) in [7, 11) is 0. The number of nitrogens with zero attached hydrogens (tertiary/aromatic N) is 4. The molecule has 19 N–H and O–H groups in total. The number of carboxylic acids is 1. The number of aliphatic hydroxyl groups is 1. The van der Waals surface area contributed by atoms with Gasteiger partial charge in [-0.25, -0.2) is 4.79 Å². The Balaban J connectivity index is 0.000000874. The fourth-order valence-corrected chi connectivity index (χ4v) is 9.63. The molecule has 5 rings (SSSR count). The molecule has 0 saturated carbocycles. The third-order valence-electron chi connectivity index (χ3n) is 12.2. The van der Waals surface area contributed by atoms with Crippen LogP contribution in [0.3, 0.4) is 0 Å². The van der Waals surface area contributed by atoms with E-state index in [0.717, 1.165) is 22.9 Å². The lowest BCUT2D eigenvalue weighted by Crippen LogP contribution is -2.58. The molecule has 0 aromatic heterocycles. The summed E-state index contributed by atoms with van der Waals surface area (Å²) in [6.45, 7) is -0.0472. The molecule has 8 atom stereocenters. The fraction of sp³-hybridized carbons (Fsp3) is 0.489. The van der Waals surface area contributed by atoms with Crippen molar-refractivity contribution in [3.8, 4) is 0 Å². The van der Waals surface area contributed by atoms with Crippen molar-refractivity contribution in [1.29, 1.82) is 5.41 Å². The summed E-state index contributed by atoms with van der Waals surface area (Å²) >= 11 is 0.938. The van der Waals surface area contributed by atoms with Gasteiger partial charge in [0.05, 0.1) is 36.3 Å². The second-order valence-corrected chi connectivity index (χ2v) is 18.7. The van der Waals surface area contributed by atoms with Gasteiger partial charge in [-0.1, -0.05) is 42.5 Å². The van der Waals surface area contributed by atoms with Crippen LogP contribution in [-0.4, -0.2) is 172 Å². The highest BCUT2D eigenvalue weighted by atomic mass is 32.2. The normalized spacial score (nSPS) is 19.6. The molecule has 2 aromatic carbocycles. The summed E-state index contributed by atoms with van der Waals surface area (Å²) in [5.41, 5.74) is 34.0. The maximum atomic E-state index is 13.9. The monoisotopic (exact) mass is 1050 g/mol. The average molecular weight is 1050 g/mol. The summed E-state index contributed by atoms with van der Waals surface area (Å²) < 4.78 is 0. The van der Waals surface area contributed by atoms with Crippen LogP contribution in [-0.2, 0) is 49.6 Å². The van der Waals surface area contributed by atoms with Gasteiger partial charge in [0.2, 0.25) is 35.4 Å². The standard InChI is InChI=1S/C41H53N11O9S.C6H14N4O2/c42-25(11-6-16-46-41(44)45)38(59)51-18-8-14-30(51)39(60)50-17-7-13-29(50)37(58)47-22-32(55)48-26(21-24-9-2-1-3-10-24)36(57)49-27(23-54)34(56)35-33(43)40(61)52(19-20-53)28-12-4-5-15-31(28)62-35;7-4(5(11)12)2-1-3-10-6(8)9/h1-5,9-10,12,15,19,25-27,29-30,33,35,54H,6-8,11,13-14,16-18,21-23,42-43H2,(H,47,58)(H,48,55)(H,49,57)(H4,44,45,46);4H,1-3,7H2,(H,11,12)(H4,8,9,10)/t25?,26?,27?,29?,30?,33-,35?;/m1./s1. The van der Waals surface area contributed by atoms with Crippen LogP contribution in [0.25, 0.3) is 0 Å². The first-order valence-corrected chi connectivity index (χ1v) is 24.8. The predicted octanol–water partition coefficient (Wildman–Crippen LogP) is -3.92. The first-order valence-electron chi connectivity index (χ1n) is 23.9. The van der Waals surface area contributed by atoms with E-state index in [0.29, 0.717) is 87.1 Å². The predicted molar refractivity (Wildman–Crippen MR) is 273 cm³/mol. The van der Waals surface area contributed by atoms with Gasteiger partial charge in [0, 0.05) is 37.5 Å². The minimum Gasteiger partial charge on any atom is -0.480 e. The van der Waals surface area contributed by atoms with Gasteiger partial charge in [0.15, 0.2) is 17.7 Å². The molecule has 7 unspecified atom stereocenters. The number of para-hydroxylation sites is 1. The summed E-state index contributed by atoms with van der Waals surface area (Å²) in [5.74, 6) is -4.14. The maximum absolute atomic E-state index is 13.9. The van der Waals surface area contributed by atoms with Gasteiger partial charge >= 0.3 is 5.97 Å². The van der Waals surface area contributed by atoms with E-state index in [-0.39, 0.29) is 36.7 Å². The SMILES string of the molecule is N=C(N)NCCCC(N)C(=O)N1CCCC1C(=O)N1CCCC1C(=O)NCC(=O)NC(Cc1ccccc1)C(=O)NC(CO)C(=O)C1Sc2ccccc2N(C=C=O)C(=O)[C@@H]1N.NC(N)=NCCCC(N)C(=O)O.